The van der Waals surface area contributed by atoms with Crippen molar-refractivity contribution in [3.8, 4) is 0 Å². The minimum atomic E-state index is -0.836. The fourth-order valence-corrected chi connectivity index (χ4v) is 7.11. The normalized spacial score (nSPS) is 13.5. The van der Waals surface area contributed by atoms with E-state index in [1.807, 2.05) is 0 Å². The van der Waals surface area contributed by atoms with Gasteiger partial charge in [-0.1, -0.05) is 222 Å². The van der Waals surface area contributed by atoms with E-state index in [1.165, 1.54) is 0 Å². The Morgan fingerprint density at radius 2 is 0.480 bits per heavy atom. The van der Waals surface area contributed by atoms with Gasteiger partial charge in [0.25, 0.3) is 0 Å². The van der Waals surface area contributed by atoms with Crippen LogP contribution in [0.5, 0.6) is 0 Å². The van der Waals surface area contributed by atoms with Gasteiger partial charge in [0.15, 0.2) is 6.10 Å². The van der Waals surface area contributed by atoms with Crippen LogP contribution in [0.4, 0.5) is 0 Å². The van der Waals surface area contributed by atoms with E-state index in [4.69, 9.17) is 14.2 Å². The number of allylic oxidation sites excluding steroid dienone is 30. The van der Waals surface area contributed by atoms with Gasteiger partial charge >= 0.3 is 17.9 Å². The van der Waals surface area contributed by atoms with E-state index >= 15 is 0 Å². The molecule has 0 aromatic heterocycles. The molecule has 0 aliphatic carbocycles. The molecule has 0 rings (SSSR count). The molecule has 0 radical (unpaired) electrons. The van der Waals surface area contributed by atoms with Crippen LogP contribution in [0.1, 0.15) is 213 Å². The molecule has 0 amide bonds. The summed E-state index contributed by atoms with van der Waals surface area (Å²) in [6.07, 6.45) is 91.7. The molecule has 0 saturated heterocycles. The van der Waals surface area contributed by atoms with Gasteiger partial charge in [-0.15, -0.1) is 0 Å². The Morgan fingerprint density at radius 1 is 0.267 bits per heavy atom. The average molecular weight is 1030 g/mol. The highest BCUT2D eigenvalue weighted by Crippen LogP contribution is 2.11. The van der Waals surface area contributed by atoms with Crippen molar-refractivity contribution in [1.29, 1.82) is 0 Å². The van der Waals surface area contributed by atoms with Crippen LogP contribution in [-0.2, 0) is 28.6 Å². The largest absolute Gasteiger partial charge is 0.462 e. The van der Waals surface area contributed by atoms with Crippen LogP contribution in [0.25, 0.3) is 0 Å². The second-order valence-electron chi connectivity index (χ2n) is 18.4. The van der Waals surface area contributed by atoms with Crippen molar-refractivity contribution in [2.45, 2.75) is 219 Å². The molecule has 0 N–H and O–H groups in total. The van der Waals surface area contributed by atoms with Crippen molar-refractivity contribution in [3.63, 3.8) is 0 Å². The zero-order valence-corrected chi connectivity index (χ0v) is 47.5. The number of hydrogen-bond acceptors (Lipinski definition) is 6. The zero-order valence-electron chi connectivity index (χ0n) is 47.5. The second-order valence-corrected chi connectivity index (χ2v) is 18.4. The van der Waals surface area contributed by atoms with Gasteiger partial charge in [-0.3, -0.25) is 14.4 Å². The van der Waals surface area contributed by atoms with Crippen molar-refractivity contribution < 1.29 is 28.6 Å². The molecule has 0 aromatic rings. The number of ether oxygens (including phenoxy) is 3. The highest BCUT2D eigenvalue weighted by molar-refractivity contribution is 5.71. The maximum atomic E-state index is 12.9. The molecule has 0 saturated carbocycles. The maximum Gasteiger partial charge on any atom is 0.306 e. The highest BCUT2D eigenvalue weighted by Gasteiger charge is 2.19. The molecule has 416 valence electrons. The third kappa shape index (κ3) is 59.3. The lowest BCUT2D eigenvalue weighted by molar-refractivity contribution is -0.167. The summed E-state index contributed by atoms with van der Waals surface area (Å²) in [6, 6.07) is 0. The smallest absolute Gasteiger partial charge is 0.306 e. The lowest BCUT2D eigenvalue weighted by Gasteiger charge is -2.18. The first-order valence-corrected chi connectivity index (χ1v) is 29.3. The molecule has 0 fully saturated rings. The van der Waals surface area contributed by atoms with Crippen LogP contribution in [0.15, 0.2) is 182 Å². The monoisotopic (exact) mass is 1030 g/mol. The molecule has 1 atom stereocenters. The molecule has 0 aliphatic rings. The van der Waals surface area contributed by atoms with Gasteiger partial charge in [-0.25, -0.2) is 0 Å². The van der Waals surface area contributed by atoms with Gasteiger partial charge in [0.1, 0.15) is 13.2 Å². The Balaban J connectivity index is 4.57. The van der Waals surface area contributed by atoms with Gasteiger partial charge in [0.05, 0.1) is 0 Å². The lowest BCUT2D eigenvalue weighted by atomic mass is 10.1. The first kappa shape index (κ1) is 69.5. The summed E-state index contributed by atoms with van der Waals surface area (Å²) >= 11 is 0. The van der Waals surface area contributed by atoms with Gasteiger partial charge in [-0.2, -0.15) is 0 Å². The molecule has 0 bridgehead atoms. The van der Waals surface area contributed by atoms with Crippen LogP contribution in [0.3, 0.4) is 0 Å². The van der Waals surface area contributed by atoms with Crippen LogP contribution >= 0.6 is 0 Å². The quantitative estimate of drug-likeness (QED) is 0.0261. The molecule has 6 nitrogen and oxygen atoms in total. The Morgan fingerprint density at radius 3 is 0.773 bits per heavy atom. The highest BCUT2D eigenvalue weighted by atomic mass is 16.6. The molecular weight excluding hydrogens is 925 g/mol. The number of unbranched alkanes of at least 4 members (excludes halogenated alkanes) is 9. The molecule has 0 aliphatic heterocycles. The summed E-state index contributed by atoms with van der Waals surface area (Å²) < 4.78 is 16.8. The third-order valence-electron chi connectivity index (χ3n) is 11.4. The molecule has 0 spiro atoms. The van der Waals surface area contributed by atoms with E-state index in [0.29, 0.717) is 19.3 Å². The van der Waals surface area contributed by atoms with E-state index in [-0.39, 0.29) is 37.5 Å². The standard InChI is InChI=1S/C69H104O6/c1-4-7-10-13-16-19-22-25-27-29-31-33-34-36-37-39-41-44-47-50-53-56-59-62-68(71)74-65-66(64-73-67(70)61-58-55-52-49-46-43-24-21-18-15-12-9-6-3)75-69(72)63-60-57-54-51-48-45-42-40-38-35-32-30-28-26-23-20-17-14-11-8-5-2/h7-12,16-21,25-28,31-33,35-37,40-44,46,48,51,66H,4-6,13-15,22-24,29-30,34,38-39,45,47,49-50,52-65H2,1-3H3/b10-7-,11-8-,12-9-,19-16-,20-17-,21-18-,27-25-,28-26-,33-31-,35-32-,37-36-,42-40-,44-41-,46-43-,51-48-. The van der Waals surface area contributed by atoms with Gasteiger partial charge in [-0.05, 0) is 154 Å². The third-order valence-corrected chi connectivity index (χ3v) is 11.4. The Bertz CT molecular complexity index is 1800. The Labute approximate surface area is 459 Å². The number of hydrogen-bond donors (Lipinski definition) is 0. The fourth-order valence-electron chi connectivity index (χ4n) is 7.11. The summed E-state index contributed by atoms with van der Waals surface area (Å²) in [5.74, 6) is -1.04. The van der Waals surface area contributed by atoms with Crippen molar-refractivity contribution in [2.75, 3.05) is 13.2 Å². The topological polar surface area (TPSA) is 78.9 Å². The Hall–Kier alpha value is -5.49. The maximum absolute atomic E-state index is 12.9. The average Bonchev–Trinajstić information content (AvgIpc) is 3.41. The summed E-state index contributed by atoms with van der Waals surface area (Å²) in [4.78, 5) is 38.2. The molecule has 0 heterocycles. The van der Waals surface area contributed by atoms with E-state index in [2.05, 4.69) is 203 Å². The number of carbonyl (C=O) groups excluding carboxylic acids is 3. The molecule has 0 aromatic carbocycles. The number of carbonyl (C=O) groups is 3. The van der Waals surface area contributed by atoms with E-state index < -0.39 is 6.10 Å². The van der Waals surface area contributed by atoms with Crippen molar-refractivity contribution in [2.24, 2.45) is 0 Å². The van der Waals surface area contributed by atoms with E-state index in [9.17, 15) is 14.4 Å². The summed E-state index contributed by atoms with van der Waals surface area (Å²) in [6.45, 7) is 6.19. The predicted molar refractivity (Wildman–Crippen MR) is 324 cm³/mol. The lowest BCUT2D eigenvalue weighted by Crippen LogP contribution is -2.30. The summed E-state index contributed by atoms with van der Waals surface area (Å²) in [7, 11) is 0. The van der Waals surface area contributed by atoms with Crippen LogP contribution in [0, 0.1) is 0 Å². The molecule has 75 heavy (non-hydrogen) atoms. The first-order chi connectivity index (χ1) is 37.0. The zero-order chi connectivity index (χ0) is 54.3. The van der Waals surface area contributed by atoms with Gasteiger partial charge < -0.3 is 14.2 Å². The van der Waals surface area contributed by atoms with Gasteiger partial charge in [0, 0.05) is 19.3 Å². The molecular formula is C69H104O6. The van der Waals surface area contributed by atoms with E-state index in [0.717, 1.165) is 167 Å². The van der Waals surface area contributed by atoms with Crippen LogP contribution in [-0.4, -0.2) is 37.2 Å². The molecule has 6 heteroatoms. The second kappa shape index (κ2) is 61.1. The number of esters is 3. The summed E-state index contributed by atoms with van der Waals surface area (Å²) in [5, 5.41) is 0. The van der Waals surface area contributed by atoms with Crippen molar-refractivity contribution >= 4 is 17.9 Å². The Kier molecular flexibility index (Phi) is 56.6. The van der Waals surface area contributed by atoms with Crippen LogP contribution in [0.2, 0.25) is 0 Å². The minimum Gasteiger partial charge on any atom is -0.462 e. The minimum absolute atomic E-state index is 0.129. The number of rotatable bonds is 50. The molecule has 1 unspecified atom stereocenters. The van der Waals surface area contributed by atoms with Crippen molar-refractivity contribution in [3.05, 3.63) is 182 Å². The predicted octanol–water partition coefficient (Wildman–Crippen LogP) is 20.1. The van der Waals surface area contributed by atoms with E-state index in [1.54, 1.807) is 0 Å². The summed E-state index contributed by atoms with van der Waals surface area (Å²) in [5.41, 5.74) is 0. The fraction of sp³-hybridized carbons (Fsp3) is 0.522. The van der Waals surface area contributed by atoms with Crippen molar-refractivity contribution in [1.82, 2.24) is 0 Å². The first-order valence-electron chi connectivity index (χ1n) is 29.3. The SMILES string of the molecule is CC/C=C\C/C=C\C/C=C\C/C=C\C/C=C\C/C=C\CCCCCCC(=O)OCC(COC(=O)CCCCC/C=C\C/C=C\C/C=C\CC)OC(=O)CCCC/C=C\C/C=C\C/C=C\C/C=C\C/C=C\C/C=C\CC. The van der Waals surface area contributed by atoms with Crippen LogP contribution < -0.4 is 0 Å². The van der Waals surface area contributed by atoms with Gasteiger partial charge in [0.2, 0.25) is 0 Å².